The highest BCUT2D eigenvalue weighted by Crippen LogP contribution is 2.23. The summed E-state index contributed by atoms with van der Waals surface area (Å²) in [6.45, 7) is 3.72. The molecular formula is C11H19NO4. The third-order valence-electron chi connectivity index (χ3n) is 2.95. The average Bonchev–Trinajstić information content (AvgIpc) is 2.46. The van der Waals surface area contributed by atoms with Crippen LogP contribution in [0.3, 0.4) is 0 Å². The van der Waals surface area contributed by atoms with Crippen molar-refractivity contribution in [1.82, 2.24) is 4.90 Å². The molecule has 1 aliphatic heterocycles. The summed E-state index contributed by atoms with van der Waals surface area (Å²) < 4.78 is 0. The van der Waals surface area contributed by atoms with Crippen LogP contribution in [0.5, 0.6) is 0 Å². The molecule has 1 aliphatic rings. The average molecular weight is 229 g/mol. The lowest BCUT2D eigenvalue weighted by molar-refractivity contribution is -0.159. The number of hydrogen-bond acceptors (Lipinski definition) is 3. The van der Waals surface area contributed by atoms with Crippen LogP contribution in [0.4, 0.5) is 0 Å². The number of likely N-dealkylation sites (tertiary alicyclic amines) is 1. The second-order valence-corrected chi connectivity index (χ2v) is 4.71. The fraction of sp³-hybridized carbons (Fsp3) is 0.818. The number of aliphatic hydroxyl groups is 1. The molecule has 1 saturated heterocycles. The molecular weight excluding hydrogens is 210 g/mol. The third-order valence-corrected chi connectivity index (χ3v) is 2.95. The Bertz CT molecular complexity index is 288. The number of β-amino-alcohol motifs (C(OH)–C–C–N with tert-alkyl or cyclic N) is 1. The Kier molecular flexibility index (Phi) is 3.91. The van der Waals surface area contributed by atoms with Crippen LogP contribution in [0.15, 0.2) is 0 Å². The molecule has 0 aliphatic carbocycles. The number of aliphatic carboxylic acids is 1. The minimum Gasteiger partial charge on any atom is -0.479 e. The molecule has 0 radical (unpaired) electrons. The maximum absolute atomic E-state index is 11.6. The maximum atomic E-state index is 11.6. The second-order valence-electron chi connectivity index (χ2n) is 4.71. The van der Waals surface area contributed by atoms with Crippen molar-refractivity contribution in [2.45, 2.75) is 38.7 Å². The zero-order valence-electron chi connectivity index (χ0n) is 9.77. The Morgan fingerprint density at radius 3 is 2.75 bits per heavy atom. The van der Waals surface area contributed by atoms with Gasteiger partial charge in [-0.25, -0.2) is 4.79 Å². The van der Waals surface area contributed by atoms with Gasteiger partial charge >= 0.3 is 5.97 Å². The Morgan fingerprint density at radius 1 is 1.62 bits per heavy atom. The number of carbonyl (C=O) groups excluding carboxylic acids is 1. The van der Waals surface area contributed by atoms with Gasteiger partial charge < -0.3 is 15.1 Å². The molecule has 0 spiro atoms. The molecule has 16 heavy (non-hydrogen) atoms. The number of hydrogen-bond donors (Lipinski definition) is 2. The van der Waals surface area contributed by atoms with Crippen LogP contribution in [0.25, 0.3) is 0 Å². The molecule has 5 heteroatoms. The van der Waals surface area contributed by atoms with Gasteiger partial charge in [0.2, 0.25) is 5.91 Å². The lowest BCUT2D eigenvalue weighted by atomic mass is 10.0. The monoisotopic (exact) mass is 229 g/mol. The lowest BCUT2D eigenvalue weighted by Gasteiger charge is -2.25. The van der Waals surface area contributed by atoms with Crippen molar-refractivity contribution in [2.75, 3.05) is 13.1 Å². The number of carboxylic acids is 1. The smallest absolute Gasteiger partial charge is 0.337 e. The van der Waals surface area contributed by atoms with Crippen molar-refractivity contribution >= 4 is 11.9 Å². The maximum Gasteiger partial charge on any atom is 0.337 e. The van der Waals surface area contributed by atoms with E-state index in [2.05, 4.69) is 6.92 Å². The second kappa shape index (κ2) is 4.82. The van der Waals surface area contributed by atoms with Crippen molar-refractivity contribution in [3.8, 4) is 0 Å². The molecule has 0 aromatic carbocycles. The molecule has 0 aromatic rings. The molecule has 1 fully saturated rings. The van der Waals surface area contributed by atoms with E-state index in [-0.39, 0.29) is 12.5 Å². The summed E-state index contributed by atoms with van der Waals surface area (Å²) in [6.07, 6.45) is 2.46. The molecule has 0 aromatic heterocycles. The zero-order chi connectivity index (χ0) is 12.3. The van der Waals surface area contributed by atoms with E-state index in [0.29, 0.717) is 18.9 Å². The highest BCUT2D eigenvalue weighted by molar-refractivity contribution is 5.81. The van der Waals surface area contributed by atoms with Crippen LogP contribution in [0.2, 0.25) is 0 Å². The number of rotatable bonds is 5. The van der Waals surface area contributed by atoms with Crippen molar-refractivity contribution < 1.29 is 19.8 Å². The molecule has 2 N–H and O–H groups in total. The van der Waals surface area contributed by atoms with Crippen LogP contribution in [0, 0.1) is 5.92 Å². The molecule has 0 saturated carbocycles. The molecule has 1 rings (SSSR count). The van der Waals surface area contributed by atoms with Crippen molar-refractivity contribution in [3.05, 3.63) is 0 Å². The number of amides is 1. The molecule has 92 valence electrons. The largest absolute Gasteiger partial charge is 0.479 e. The van der Waals surface area contributed by atoms with E-state index in [9.17, 15) is 14.7 Å². The highest BCUT2D eigenvalue weighted by Gasteiger charge is 2.38. The first-order valence-corrected chi connectivity index (χ1v) is 5.60. The Morgan fingerprint density at radius 2 is 2.25 bits per heavy atom. The fourth-order valence-electron chi connectivity index (χ4n) is 2.05. The van der Waals surface area contributed by atoms with Gasteiger partial charge in [0.15, 0.2) is 5.60 Å². The van der Waals surface area contributed by atoms with Crippen molar-refractivity contribution in [1.29, 1.82) is 0 Å². The normalized spacial score (nSPS) is 24.6. The van der Waals surface area contributed by atoms with E-state index in [1.54, 1.807) is 0 Å². The van der Waals surface area contributed by atoms with Gasteiger partial charge in [-0.3, -0.25) is 4.79 Å². The van der Waals surface area contributed by atoms with Crippen LogP contribution in [0.1, 0.15) is 33.1 Å². The lowest BCUT2D eigenvalue weighted by Crippen LogP contribution is -2.47. The third kappa shape index (κ3) is 2.95. The predicted octanol–water partition coefficient (Wildman–Crippen LogP) is 0.471. The van der Waals surface area contributed by atoms with E-state index in [1.807, 2.05) is 0 Å². The number of carboxylic acid groups (broad SMARTS) is 1. The summed E-state index contributed by atoms with van der Waals surface area (Å²) >= 11 is 0. The molecule has 2 atom stereocenters. The van der Waals surface area contributed by atoms with Crippen LogP contribution in [-0.2, 0) is 9.59 Å². The zero-order valence-corrected chi connectivity index (χ0v) is 9.77. The quantitative estimate of drug-likeness (QED) is 0.718. The van der Waals surface area contributed by atoms with Crippen LogP contribution in [-0.4, -0.2) is 45.7 Å². The van der Waals surface area contributed by atoms with Gasteiger partial charge in [0, 0.05) is 13.0 Å². The van der Waals surface area contributed by atoms with Gasteiger partial charge in [0.05, 0.1) is 6.54 Å². The van der Waals surface area contributed by atoms with Gasteiger partial charge in [-0.15, -0.1) is 0 Å². The summed E-state index contributed by atoms with van der Waals surface area (Å²) in [6, 6.07) is 0. The van der Waals surface area contributed by atoms with Crippen LogP contribution >= 0.6 is 0 Å². The fourth-order valence-corrected chi connectivity index (χ4v) is 2.05. The van der Waals surface area contributed by atoms with E-state index < -0.39 is 11.6 Å². The molecule has 0 bridgehead atoms. The number of carbonyl (C=O) groups is 2. The van der Waals surface area contributed by atoms with E-state index >= 15 is 0 Å². The predicted molar refractivity (Wildman–Crippen MR) is 57.9 cm³/mol. The van der Waals surface area contributed by atoms with E-state index in [0.717, 1.165) is 12.8 Å². The van der Waals surface area contributed by atoms with Crippen molar-refractivity contribution in [2.24, 2.45) is 5.92 Å². The number of nitrogens with zero attached hydrogens (tertiary/aromatic N) is 1. The van der Waals surface area contributed by atoms with Gasteiger partial charge in [0.25, 0.3) is 0 Å². The Labute approximate surface area is 95.1 Å². The molecule has 5 nitrogen and oxygen atoms in total. The van der Waals surface area contributed by atoms with Gasteiger partial charge in [-0.05, 0) is 19.3 Å². The summed E-state index contributed by atoms with van der Waals surface area (Å²) in [4.78, 5) is 23.8. The van der Waals surface area contributed by atoms with E-state index in [1.165, 1.54) is 11.8 Å². The molecule has 2 unspecified atom stereocenters. The SMILES string of the molecule is CCCC1CC(=O)N(CC(C)(O)C(=O)O)C1. The Balaban J connectivity index is 2.56. The first-order valence-electron chi connectivity index (χ1n) is 5.60. The highest BCUT2D eigenvalue weighted by atomic mass is 16.4. The minimum atomic E-state index is -1.85. The van der Waals surface area contributed by atoms with E-state index in [4.69, 9.17) is 5.11 Å². The standard InChI is InChI=1S/C11H19NO4/c1-3-4-8-5-9(13)12(6-8)7-11(2,16)10(14)15/h8,16H,3-7H2,1-2H3,(H,14,15). The van der Waals surface area contributed by atoms with Crippen LogP contribution < -0.4 is 0 Å². The summed E-state index contributed by atoms with van der Waals surface area (Å²) in [5, 5.41) is 18.4. The summed E-state index contributed by atoms with van der Waals surface area (Å²) in [7, 11) is 0. The van der Waals surface area contributed by atoms with Gasteiger partial charge in [0.1, 0.15) is 0 Å². The Hall–Kier alpha value is -1.10. The topological polar surface area (TPSA) is 77.8 Å². The molecule has 1 heterocycles. The van der Waals surface area contributed by atoms with Crippen molar-refractivity contribution in [3.63, 3.8) is 0 Å². The first-order chi connectivity index (χ1) is 7.36. The minimum absolute atomic E-state index is 0.0556. The summed E-state index contributed by atoms with van der Waals surface area (Å²) in [5.41, 5.74) is -1.85. The van der Waals surface area contributed by atoms with Gasteiger partial charge in [-0.1, -0.05) is 13.3 Å². The summed E-state index contributed by atoms with van der Waals surface area (Å²) in [5.74, 6) is -1.04. The molecule has 1 amide bonds. The van der Waals surface area contributed by atoms with Gasteiger partial charge in [-0.2, -0.15) is 0 Å². The first kappa shape index (κ1) is 13.0.